The van der Waals surface area contributed by atoms with Crippen molar-refractivity contribution in [1.82, 2.24) is 14.9 Å². The summed E-state index contributed by atoms with van der Waals surface area (Å²) in [4.78, 5) is 4.65. The van der Waals surface area contributed by atoms with E-state index in [2.05, 4.69) is 60.8 Å². The minimum absolute atomic E-state index is 0.365. The van der Waals surface area contributed by atoms with Crippen molar-refractivity contribution in [1.29, 1.82) is 0 Å². The number of hydrogen-bond acceptors (Lipinski definition) is 2. The summed E-state index contributed by atoms with van der Waals surface area (Å²) in [6, 6.07) is 7.36. The number of nitrogens with one attached hydrogen (secondary N) is 1. The molecule has 3 heteroatoms. The Morgan fingerprint density at radius 1 is 1.24 bits per heavy atom. The van der Waals surface area contributed by atoms with Gasteiger partial charge in [-0.05, 0) is 52.4 Å². The first-order chi connectivity index (χ1) is 8.04. The van der Waals surface area contributed by atoms with Crippen molar-refractivity contribution in [2.75, 3.05) is 7.05 Å². The van der Waals surface area contributed by atoms with E-state index in [-0.39, 0.29) is 0 Å². The molecule has 1 heterocycles. The van der Waals surface area contributed by atoms with Gasteiger partial charge in [-0.15, -0.1) is 0 Å². The molecule has 2 rings (SSSR count). The lowest BCUT2D eigenvalue weighted by atomic mass is 10.1. The summed E-state index contributed by atoms with van der Waals surface area (Å²) in [6.07, 6.45) is 0. The van der Waals surface area contributed by atoms with E-state index in [9.17, 15) is 0 Å². The van der Waals surface area contributed by atoms with E-state index in [1.54, 1.807) is 0 Å². The summed E-state index contributed by atoms with van der Waals surface area (Å²) in [7, 11) is 1.98. The minimum atomic E-state index is 0.365. The molecule has 1 N–H and O–H groups in total. The van der Waals surface area contributed by atoms with E-state index in [1.165, 1.54) is 11.1 Å². The summed E-state index contributed by atoms with van der Waals surface area (Å²) in [5.41, 5.74) is 3.61. The molecule has 0 aliphatic rings. The van der Waals surface area contributed by atoms with E-state index in [1.807, 2.05) is 7.05 Å². The van der Waals surface area contributed by atoms with E-state index < -0.39 is 0 Å². The van der Waals surface area contributed by atoms with Crippen LogP contribution in [0, 0.1) is 6.92 Å². The van der Waals surface area contributed by atoms with Crippen LogP contribution in [0.1, 0.15) is 44.2 Å². The van der Waals surface area contributed by atoms with Gasteiger partial charge in [-0.3, -0.25) is 0 Å². The SMILES string of the molecule is CNC(C)c1ccc2c(c1)nc(C)n2C(C)C. The van der Waals surface area contributed by atoms with Crippen molar-refractivity contribution in [2.45, 2.75) is 39.8 Å². The van der Waals surface area contributed by atoms with Crippen LogP contribution in [0.5, 0.6) is 0 Å². The van der Waals surface area contributed by atoms with Gasteiger partial charge in [-0.2, -0.15) is 0 Å². The van der Waals surface area contributed by atoms with Crippen molar-refractivity contribution in [3.05, 3.63) is 29.6 Å². The maximum Gasteiger partial charge on any atom is 0.106 e. The van der Waals surface area contributed by atoms with Crippen LogP contribution in [-0.2, 0) is 0 Å². The highest BCUT2D eigenvalue weighted by molar-refractivity contribution is 5.77. The zero-order chi connectivity index (χ0) is 12.6. The van der Waals surface area contributed by atoms with Crippen molar-refractivity contribution in [3.63, 3.8) is 0 Å². The second-order valence-corrected chi connectivity index (χ2v) is 4.88. The first kappa shape index (κ1) is 12.1. The molecule has 0 bridgehead atoms. The normalized spacial score (nSPS) is 13.5. The van der Waals surface area contributed by atoms with Crippen LogP contribution < -0.4 is 5.32 Å². The molecule has 1 atom stereocenters. The van der Waals surface area contributed by atoms with E-state index in [4.69, 9.17) is 0 Å². The molecule has 0 aliphatic heterocycles. The zero-order valence-corrected chi connectivity index (χ0v) is 11.3. The summed E-state index contributed by atoms with van der Waals surface area (Å²) in [5, 5.41) is 3.26. The highest BCUT2D eigenvalue weighted by Crippen LogP contribution is 2.23. The molecule has 0 saturated heterocycles. The first-order valence-electron chi connectivity index (χ1n) is 6.20. The molecule has 0 spiro atoms. The Bertz CT molecular complexity index is 525. The third-order valence-corrected chi connectivity index (χ3v) is 3.34. The molecule has 2 aromatic rings. The molecule has 92 valence electrons. The monoisotopic (exact) mass is 231 g/mol. The van der Waals surface area contributed by atoms with Crippen molar-refractivity contribution in [2.24, 2.45) is 0 Å². The Morgan fingerprint density at radius 2 is 1.94 bits per heavy atom. The van der Waals surface area contributed by atoms with E-state index >= 15 is 0 Å². The van der Waals surface area contributed by atoms with E-state index in [0.29, 0.717) is 12.1 Å². The number of aromatic nitrogens is 2. The summed E-state index contributed by atoms with van der Waals surface area (Å²) in [6.45, 7) is 8.62. The minimum Gasteiger partial charge on any atom is -0.326 e. The highest BCUT2D eigenvalue weighted by Gasteiger charge is 2.11. The van der Waals surface area contributed by atoms with Gasteiger partial charge >= 0.3 is 0 Å². The first-order valence-corrected chi connectivity index (χ1v) is 6.20. The Balaban J connectivity index is 2.57. The molecular weight excluding hydrogens is 210 g/mol. The number of imidazole rings is 1. The van der Waals surface area contributed by atoms with Gasteiger partial charge in [-0.25, -0.2) is 4.98 Å². The Labute approximate surface area is 103 Å². The highest BCUT2D eigenvalue weighted by atomic mass is 15.1. The van der Waals surface area contributed by atoms with Gasteiger partial charge in [0.25, 0.3) is 0 Å². The quantitative estimate of drug-likeness (QED) is 0.879. The number of rotatable bonds is 3. The lowest BCUT2D eigenvalue weighted by Crippen LogP contribution is -2.12. The Morgan fingerprint density at radius 3 is 2.53 bits per heavy atom. The van der Waals surface area contributed by atoms with Crippen molar-refractivity contribution < 1.29 is 0 Å². The smallest absolute Gasteiger partial charge is 0.106 e. The maximum atomic E-state index is 4.65. The molecule has 0 radical (unpaired) electrons. The summed E-state index contributed by atoms with van der Waals surface area (Å²) < 4.78 is 2.28. The fourth-order valence-electron chi connectivity index (χ4n) is 2.32. The predicted molar refractivity (Wildman–Crippen MR) is 72.3 cm³/mol. The van der Waals surface area contributed by atoms with Gasteiger partial charge in [0.15, 0.2) is 0 Å². The van der Waals surface area contributed by atoms with Crippen LogP contribution in [-0.4, -0.2) is 16.6 Å². The molecule has 0 aliphatic carbocycles. The van der Waals surface area contributed by atoms with Crippen LogP contribution in [0.25, 0.3) is 11.0 Å². The number of aryl methyl sites for hydroxylation is 1. The standard InChI is InChI=1S/C14H21N3/c1-9(2)17-11(4)16-13-8-12(10(3)15-5)6-7-14(13)17/h6-10,15H,1-5H3. The third-order valence-electron chi connectivity index (χ3n) is 3.34. The van der Waals surface area contributed by atoms with Gasteiger partial charge in [0.1, 0.15) is 5.82 Å². The third kappa shape index (κ3) is 2.07. The second kappa shape index (κ2) is 4.49. The molecular formula is C14H21N3. The fourth-order valence-corrected chi connectivity index (χ4v) is 2.32. The van der Waals surface area contributed by atoms with Crippen LogP contribution in [0.4, 0.5) is 0 Å². The number of fused-ring (bicyclic) bond motifs is 1. The van der Waals surface area contributed by atoms with Crippen LogP contribution in [0.3, 0.4) is 0 Å². The number of benzene rings is 1. The van der Waals surface area contributed by atoms with Crippen LogP contribution in [0.2, 0.25) is 0 Å². The topological polar surface area (TPSA) is 29.9 Å². The van der Waals surface area contributed by atoms with Crippen molar-refractivity contribution in [3.8, 4) is 0 Å². The van der Waals surface area contributed by atoms with Crippen LogP contribution in [0.15, 0.2) is 18.2 Å². The van der Waals surface area contributed by atoms with Gasteiger partial charge in [0.05, 0.1) is 11.0 Å². The molecule has 0 saturated carbocycles. The van der Waals surface area contributed by atoms with Gasteiger partial charge in [0.2, 0.25) is 0 Å². The Kier molecular flexibility index (Phi) is 3.20. The molecule has 0 amide bonds. The molecule has 3 nitrogen and oxygen atoms in total. The van der Waals surface area contributed by atoms with Crippen LogP contribution >= 0.6 is 0 Å². The number of nitrogens with zero attached hydrogens (tertiary/aromatic N) is 2. The summed E-state index contributed by atoms with van der Waals surface area (Å²) in [5.74, 6) is 1.09. The lowest BCUT2D eigenvalue weighted by molar-refractivity contribution is 0.600. The molecule has 1 unspecified atom stereocenters. The second-order valence-electron chi connectivity index (χ2n) is 4.88. The van der Waals surface area contributed by atoms with Gasteiger partial charge in [-0.1, -0.05) is 6.07 Å². The average Bonchev–Trinajstić information content (AvgIpc) is 2.62. The molecule has 0 fully saturated rings. The fraction of sp³-hybridized carbons (Fsp3) is 0.500. The summed E-state index contributed by atoms with van der Waals surface area (Å²) >= 11 is 0. The van der Waals surface area contributed by atoms with Crippen molar-refractivity contribution >= 4 is 11.0 Å². The largest absolute Gasteiger partial charge is 0.326 e. The van der Waals surface area contributed by atoms with Gasteiger partial charge in [0, 0.05) is 12.1 Å². The predicted octanol–water partition coefficient (Wildman–Crippen LogP) is 3.21. The van der Waals surface area contributed by atoms with Gasteiger partial charge < -0.3 is 9.88 Å². The Hall–Kier alpha value is -1.35. The molecule has 1 aromatic carbocycles. The zero-order valence-electron chi connectivity index (χ0n) is 11.3. The molecule has 1 aromatic heterocycles. The average molecular weight is 231 g/mol. The lowest BCUT2D eigenvalue weighted by Gasteiger charge is -2.12. The maximum absolute atomic E-state index is 4.65. The van der Waals surface area contributed by atoms with E-state index in [0.717, 1.165) is 11.3 Å². The molecule has 17 heavy (non-hydrogen) atoms. The number of hydrogen-bond donors (Lipinski definition) is 1.